The molecule has 0 radical (unpaired) electrons. The molecule has 0 saturated heterocycles. The summed E-state index contributed by atoms with van der Waals surface area (Å²) >= 11 is 0. The van der Waals surface area contributed by atoms with Gasteiger partial charge in [-0.25, -0.2) is 0 Å². The van der Waals surface area contributed by atoms with Gasteiger partial charge in [-0.3, -0.25) is 9.59 Å². The molecule has 0 spiro atoms. The highest BCUT2D eigenvalue weighted by Gasteiger charge is 2.39. The van der Waals surface area contributed by atoms with E-state index in [9.17, 15) is 9.59 Å². The van der Waals surface area contributed by atoms with Crippen molar-refractivity contribution < 1.29 is 19.1 Å². The highest BCUT2D eigenvalue weighted by Crippen LogP contribution is 2.20. The van der Waals surface area contributed by atoms with E-state index in [4.69, 9.17) is 9.47 Å². The van der Waals surface area contributed by atoms with Gasteiger partial charge in [0.2, 0.25) is 0 Å². The Balaban J connectivity index is 3.68. The van der Waals surface area contributed by atoms with E-state index in [1.807, 2.05) is 0 Å². The summed E-state index contributed by atoms with van der Waals surface area (Å²) in [6, 6.07) is 0. The Bertz CT molecular complexity index is 431. The van der Waals surface area contributed by atoms with Gasteiger partial charge in [0.05, 0.1) is 13.2 Å². The first-order valence-corrected chi connectivity index (χ1v) is 13.3. The third-order valence-electron chi connectivity index (χ3n) is 5.98. The van der Waals surface area contributed by atoms with Crippen molar-refractivity contribution >= 4 is 11.9 Å². The number of hydrogen-bond acceptors (Lipinski definition) is 4. The predicted molar refractivity (Wildman–Crippen MR) is 130 cm³/mol. The van der Waals surface area contributed by atoms with E-state index in [1.54, 1.807) is 13.8 Å². The molecule has 0 aromatic rings. The fraction of sp³-hybridized carbons (Fsp3) is 0.926. The number of carbonyl (C=O) groups is 2. The minimum atomic E-state index is -1.22. The summed E-state index contributed by atoms with van der Waals surface area (Å²) in [5, 5.41) is 0. The highest BCUT2D eigenvalue weighted by atomic mass is 16.6. The van der Waals surface area contributed by atoms with Crippen LogP contribution in [0.2, 0.25) is 0 Å². The second-order valence-electron chi connectivity index (χ2n) is 9.55. The lowest BCUT2D eigenvalue weighted by atomic mass is 9.94. The molecule has 4 heteroatoms. The van der Waals surface area contributed by atoms with Crippen molar-refractivity contribution in [3.63, 3.8) is 0 Å². The van der Waals surface area contributed by atoms with Crippen molar-refractivity contribution in [1.29, 1.82) is 0 Å². The zero-order valence-electron chi connectivity index (χ0n) is 21.3. The molecule has 0 aliphatic heterocycles. The maximum atomic E-state index is 12.3. The molecular weight excluding hydrogens is 388 g/mol. The van der Waals surface area contributed by atoms with Gasteiger partial charge in [0.15, 0.2) is 5.41 Å². The largest absolute Gasteiger partial charge is 0.465 e. The minimum Gasteiger partial charge on any atom is -0.465 e. The molecule has 0 rings (SSSR count). The van der Waals surface area contributed by atoms with E-state index < -0.39 is 17.4 Å². The molecule has 0 aliphatic carbocycles. The van der Waals surface area contributed by atoms with Gasteiger partial charge in [-0.1, -0.05) is 117 Å². The first-order valence-electron chi connectivity index (χ1n) is 13.3. The molecule has 31 heavy (non-hydrogen) atoms. The summed E-state index contributed by atoms with van der Waals surface area (Å²) in [5.41, 5.74) is -1.22. The molecule has 0 fully saturated rings. The summed E-state index contributed by atoms with van der Waals surface area (Å²) in [7, 11) is 0. The van der Waals surface area contributed by atoms with E-state index >= 15 is 0 Å². The number of ether oxygens (including phenoxy) is 2. The van der Waals surface area contributed by atoms with Crippen molar-refractivity contribution in [2.75, 3.05) is 13.2 Å². The molecule has 0 N–H and O–H groups in total. The van der Waals surface area contributed by atoms with Crippen LogP contribution < -0.4 is 0 Å². The Morgan fingerprint density at radius 1 is 0.484 bits per heavy atom. The van der Waals surface area contributed by atoms with Crippen molar-refractivity contribution in [3.05, 3.63) is 0 Å². The Morgan fingerprint density at radius 2 is 0.742 bits per heavy atom. The van der Waals surface area contributed by atoms with Crippen LogP contribution in [0.5, 0.6) is 0 Å². The van der Waals surface area contributed by atoms with Gasteiger partial charge >= 0.3 is 11.9 Å². The average molecular weight is 441 g/mol. The summed E-state index contributed by atoms with van der Waals surface area (Å²) in [5.74, 6) is -0.937. The lowest BCUT2D eigenvalue weighted by molar-refractivity contribution is -0.169. The minimum absolute atomic E-state index is 0.392. The van der Waals surface area contributed by atoms with Gasteiger partial charge in [-0.05, 0) is 26.7 Å². The molecule has 0 aromatic carbocycles. The van der Waals surface area contributed by atoms with E-state index in [1.165, 1.54) is 89.9 Å². The van der Waals surface area contributed by atoms with Gasteiger partial charge < -0.3 is 9.47 Å². The zero-order valence-corrected chi connectivity index (χ0v) is 21.3. The van der Waals surface area contributed by atoms with Crippen LogP contribution >= 0.6 is 0 Å². The molecule has 0 aliphatic rings. The predicted octanol–water partition coefficient (Wildman–Crippen LogP) is 8.16. The zero-order chi connectivity index (χ0) is 23.2. The molecule has 0 bridgehead atoms. The second-order valence-corrected chi connectivity index (χ2v) is 9.55. The quantitative estimate of drug-likeness (QED) is 0.0967. The van der Waals surface area contributed by atoms with Gasteiger partial charge in [0.1, 0.15) is 0 Å². The summed E-state index contributed by atoms with van der Waals surface area (Å²) in [6.45, 7) is 8.46. The van der Waals surface area contributed by atoms with Crippen molar-refractivity contribution in [1.82, 2.24) is 0 Å². The van der Waals surface area contributed by atoms with Gasteiger partial charge in [-0.15, -0.1) is 0 Å². The van der Waals surface area contributed by atoms with Gasteiger partial charge in [0.25, 0.3) is 0 Å². The van der Waals surface area contributed by atoms with Crippen LogP contribution in [0.4, 0.5) is 0 Å². The third kappa shape index (κ3) is 17.2. The Morgan fingerprint density at radius 3 is 1.03 bits per heavy atom. The fourth-order valence-corrected chi connectivity index (χ4v) is 3.60. The maximum absolute atomic E-state index is 12.3. The van der Waals surface area contributed by atoms with Gasteiger partial charge in [0, 0.05) is 0 Å². The van der Waals surface area contributed by atoms with Crippen LogP contribution in [0.3, 0.4) is 0 Å². The second kappa shape index (κ2) is 20.8. The third-order valence-corrected chi connectivity index (χ3v) is 5.98. The van der Waals surface area contributed by atoms with Crippen LogP contribution in [0.1, 0.15) is 143 Å². The van der Waals surface area contributed by atoms with Gasteiger partial charge in [-0.2, -0.15) is 0 Å². The fourth-order valence-electron chi connectivity index (χ4n) is 3.60. The lowest BCUT2D eigenvalue weighted by Gasteiger charge is -2.20. The summed E-state index contributed by atoms with van der Waals surface area (Å²) < 4.78 is 10.7. The molecular formula is C27H52O4. The summed E-state index contributed by atoms with van der Waals surface area (Å²) in [4.78, 5) is 24.6. The van der Waals surface area contributed by atoms with Crippen LogP contribution in [-0.2, 0) is 19.1 Å². The molecule has 0 unspecified atom stereocenters. The van der Waals surface area contributed by atoms with Crippen LogP contribution in [0.25, 0.3) is 0 Å². The van der Waals surface area contributed by atoms with Crippen LogP contribution in [0.15, 0.2) is 0 Å². The normalized spacial score (nSPS) is 11.5. The molecule has 0 amide bonds. The molecule has 0 atom stereocenters. The van der Waals surface area contributed by atoms with E-state index in [0.29, 0.717) is 13.2 Å². The Kier molecular flexibility index (Phi) is 20.1. The number of unbranched alkanes of at least 4 members (excludes halogenated alkanes) is 16. The van der Waals surface area contributed by atoms with Crippen LogP contribution in [0, 0.1) is 5.41 Å². The smallest absolute Gasteiger partial charge is 0.322 e. The number of hydrogen-bond donors (Lipinski definition) is 0. The first-order chi connectivity index (χ1) is 15.0. The number of carbonyl (C=O) groups excluding carboxylic acids is 2. The van der Waals surface area contributed by atoms with E-state index in [-0.39, 0.29) is 0 Å². The maximum Gasteiger partial charge on any atom is 0.322 e. The van der Waals surface area contributed by atoms with Crippen molar-refractivity contribution in [2.45, 2.75) is 143 Å². The average Bonchev–Trinajstić information content (AvgIpc) is 2.75. The highest BCUT2D eigenvalue weighted by molar-refractivity contribution is 5.99. The number of rotatable bonds is 22. The number of esters is 2. The van der Waals surface area contributed by atoms with E-state index in [0.717, 1.165) is 25.7 Å². The Labute approximate surface area is 193 Å². The van der Waals surface area contributed by atoms with E-state index in [2.05, 4.69) is 13.8 Å². The van der Waals surface area contributed by atoms with Crippen molar-refractivity contribution in [3.8, 4) is 0 Å². The molecule has 0 aromatic heterocycles. The van der Waals surface area contributed by atoms with Crippen LogP contribution in [-0.4, -0.2) is 25.2 Å². The lowest BCUT2D eigenvalue weighted by Crippen LogP contribution is -2.37. The molecule has 0 heterocycles. The first kappa shape index (κ1) is 29.9. The standard InChI is InChI=1S/C27H52O4/c1-5-7-9-11-13-15-16-18-20-22-24-31-26(29)27(3,4)25(28)30-23-21-19-17-14-12-10-8-6-2/h5-24H2,1-4H3. The SMILES string of the molecule is CCCCCCCCCCCCOC(=O)C(C)(C)C(=O)OCCCCCCCCCC. The molecule has 0 saturated carbocycles. The van der Waals surface area contributed by atoms with Crippen molar-refractivity contribution in [2.24, 2.45) is 5.41 Å². The molecule has 184 valence electrons. The Hall–Kier alpha value is -1.06. The topological polar surface area (TPSA) is 52.6 Å². The monoisotopic (exact) mass is 440 g/mol. The molecule has 4 nitrogen and oxygen atoms in total. The summed E-state index contributed by atoms with van der Waals surface area (Å²) in [6.07, 6.45) is 22.0.